The van der Waals surface area contributed by atoms with Crippen molar-refractivity contribution in [2.75, 3.05) is 13.2 Å². The van der Waals surface area contributed by atoms with E-state index in [0.717, 1.165) is 12.8 Å². The number of aliphatic imine (C=N–C) groups is 1. The molecule has 1 heterocycles. The van der Waals surface area contributed by atoms with Crippen LogP contribution in [0.3, 0.4) is 0 Å². The van der Waals surface area contributed by atoms with Gasteiger partial charge in [0.15, 0.2) is 0 Å². The summed E-state index contributed by atoms with van der Waals surface area (Å²) in [5, 5.41) is 11.8. The number of halogens is 1. The molecule has 0 bridgehead atoms. The van der Waals surface area contributed by atoms with Crippen molar-refractivity contribution in [2.24, 2.45) is 10.7 Å². The van der Waals surface area contributed by atoms with Crippen LogP contribution in [0.5, 0.6) is 5.75 Å². The van der Waals surface area contributed by atoms with E-state index in [2.05, 4.69) is 17.2 Å². The lowest BCUT2D eigenvalue weighted by molar-refractivity contribution is 0.301. The Bertz CT molecular complexity index is 617. The summed E-state index contributed by atoms with van der Waals surface area (Å²) in [6.07, 6.45) is 8.63. The molecule has 5 nitrogen and oxygen atoms in total. The molecule has 0 aliphatic carbocycles. The maximum absolute atomic E-state index is 14.2. The normalized spacial score (nSPS) is 16.5. The van der Waals surface area contributed by atoms with Gasteiger partial charge >= 0.3 is 0 Å². The molecule has 4 N–H and O–H groups in total. The minimum atomic E-state index is -0.424. The molecule has 1 aromatic rings. The van der Waals surface area contributed by atoms with Gasteiger partial charge in [0, 0.05) is 17.8 Å². The number of nitrogens with two attached hydrogens (primary N) is 1. The summed E-state index contributed by atoms with van der Waals surface area (Å²) >= 11 is 0. The molecule has 0 aromatic heterocycles. The molecule has 1 atom stereocenters. The predicted octanol–water partition coefficient (Wildman–Crippen LogP) is 3.18. The molecular formula is C19H28FN3O2. The maximum Gasteiger partial charge on any atom is 0.136 e. The molecular weight excluding hydrogens is 321 g/mol. The number of hydrogen-bond acceptors (Lipinski definition) is 5. The van der Waals surface area contributed by atoms with Gasteiger partial charge in [0.05, 0.1) is 18.9 Å². The van der Waals surface area contributed by atoms with E-state index in [4.69, 9.17) is 15.6 Å². The van der Waals surface area contributed by atoms with Gasteiger partial charge in [-0.15, -0.1) is 0 Å². The maximum atomic E-state index is 14.2. The molecule has 0 radical (unpaired) electrons. The monoisotopic (exact) mass is 349 g/mol. The van der Waals surface area contributed by atoms with Crippen LogP contribution in [0.2, 0.25) is 0 Å². The van der Waals surface area contributed by atoms with Gasteiger partial charge in [0.2, 0.25) is 0 Å². The molecule has 25 heavy (non-hydrogen) atoms. The standard InChI is InChI=1S/C19H28FN3O2/c1-2-3-4-5-6-7-10-25-14-8-9-15(16(20)11-14)17(21)12-22-19-18(13-24)23-19/h8-9,11-12,18,24H,2-7,10,13,21H2,1H3,(H,22,23)/b17-12-. The summed E-state index contributed by atoms with van der Waals surface area (Å²) in [4.78, 5) is 3.98. The van der Waals surface area contributed by atoms with Crippen molar-refractivity contribution in [3.8, 4) is 5.75 Å². The van der Waals surface area contributed by atoms with Crippen molar-refractivity contribution in [3.05, 3.63) is 35.8 Å². The summed E-state index contributed by atoms with van der Waals surface area (Å²) in [5.74, 6) is 0.750. The summed E-state index contributed by atoms with van der Waals surface area (Å²) < 4.78 is 19.8. The minimum Gasteiger partial charge on any atom is -0.493 e. The zero-order valence-corrected chi connectivity index (χ0v) is 14.8. The van der Waals surface area contributed by atoms with Crippen LogP contribution < -0.4 is 15.8 Å². The number of nitrogens with one attached hydrogen (secondary N) is 1. The molecule has 1 aliphatic rings. The van der Waals surface area contributed by atoms with Gasteiger partial charge in [0.25, 0.3) is 0 Å². The number of rotatable bonds is 11. The molecule has 6 heteroatoms. The lowest BCUT2D eigenvalue weighted by atomic mass is 10.1. The largest absolute Gasteiger partial charge is 0.493 e. The van der Waals surface area contributed by atoms with Crippen molar-refractivity contribution < 1.29 is 14.2 Å². The van der Waals surface area contributed by atoms with Gasteiger partial charge in [-0.05, 0) is 18.6 Å². The lowest BCUT2D eigenvalue weighted by Crippen LogP contribution is -2.17. The summed E-state index contributed by atoms with van der Waals surface area (Å²) in [7, 11) is 0. The number of amidine groups is 1. The molecule has 1 aromatic carbocycles. The van der Waals surface area contributed by atoms with E-state index in [-0.39, 0.29) is 18.3 Å². The molecule has 0 spiro atoms. The zero-order chi connectivity index (χ0) is 18.1. The SMILES string of the molecule is CCCCCCCCOc1ccc(/C(N)=C/NC2=NC2CO)c(F)c1. The Hall–Kier alpha value is -2.08. The smallest absolute Gasteiger partial charge is 0.136 e. The molecule has 1 unspecified atom stereocenters. The van der Waals surface area contributed by atoms with Gasteiger partial charge in [-0.2, -0.15) is 0 Å². The fourth-order valence-corrected chi connectivity index (χ4v) is 2.51. The van der Waals surface area contributed by atoms with Crippen molar-refractivity contribution in [2.45, 2.75) is 51.5 Å². The van der Waals surface area contributed by atoms with E-state index in [9.17, 15) is 4.39 Å². The van der Waals surface area contributed by atoms with Crippen LogP contribution in [-0.4, -0.2) is 30.2 Å². The third-order valence-electron chi connectivity index (χ3n) is 4.11. The van der Waals surface area contributed by atoms with Crippen LogP contribution in [0.4, 0.5) is 4.39 Å². The number of ether oxygens (including phenoxy) is 1. The van der Waals surface area contributed by atoms with E-state index in [0.29, 0.717) is 23.8 Å². The van der Waals surface area contributed by atoms with Gasteiger partial charge in [-0.1, -0.05) is 39.0 Å². The molecule has 0 amide bonds. The highest BCUT2D eigenvalue weighted by atomic mass is 19.1. The van der Waals surface area contributed by atoms with Gasteiger partial charge < -0.3 is 20.9 Å². The highest BCUT2D eigenvalue weighted by Gasteiger charge is 2.25. The first kappa shape index (κ1) is 19.2. The fourth-order valence-electron chi connectivity index (χ4n) is 2.51. The molecule has 0 saturated heterocycles. The fraction of sp³-hybridized carbons (Fsp3) is 0.526. The molecule has 2 rings (SSSR count). The number of unbranched alkanes of at least 4 members (excludes halogenated alkanes) is 5. The molecule has 0 saturated carbocycles. The van der Waals surface area contributed by atoms with Gasteiger partial charge in [0.1, 0.15) is 23.4 Å². The Balaban J connectivity index is 1.75. The Morgan fingerprint density at radius 1 is 1.32 bits per heavy atom. The van der Waals surface area contributed by atoms with Gasteiger partial charge in [-0.25, -0.2) is 4.39 Å². The van der Waals surface area contributed by atoms with Crippen molar-refractivity contribution in [3.63, 3.8) is 0 Å². The number of hydrogen-bond donors (Lipinski definition) is 3. The first-order valence-corrected chi connectivity index (χ1v) is 8.99. The van der Waals surface area contributed by atoms with Crippen LogP contribution in [0.1, 0.15) is 51.0 Å². The van der Waals surface area contributed by atoms with E-state index in [1.165, 1.54) is 37.9 Å². The average Bonchev–Trinajstić information content (AvgIpc) is 3.38. The van der Waals surface area contributed by atoms with Crippen molar-refractivity contribution in [1.29, 1.82) is 0 Å². The lowest BCUT2D eigenvalue weighted by Gasteiger charge is -2.09. The Morgan fingerprint density at radius 3 is 2.76 bits per heavy atom. The predicted molar refractivity (Wildman–Crippen MR) is 98.9 cm³/mol. The first-order valence-electron chi connectivity index (χ1n) is 8.99. The number of benzene rings is 1. The quantitative estimate of drug-likeness (QED) is 0.536. The summed E-state index contributed by atoms with van der Waals surface area (Å²) in [6.45, 7) is 2.76. The Morgan fingerprint density at radius 2 is 2.08 bits per heavy atom. The Kier molecular flexibility index (Phi) is 7.73. The second kappa shape index (κ2) is 10.0. The van der Waals surface area contributed by atoms with Crippen LogP contribution in [0.15, 0.2) is 29.4 Å². The number of aliphatic hydroxyl groups excluding tert-OH is 1. The topological polar surface area (TPSA) is 79.9 Å². The van der Waals surface area contributed by atoms with Gasteiger partial charge in [-0.3, -0.25) is 4.99 Å². The highest BCUT2D eigenvalue weighted by molar-refractivity contribution is 5.99. The summed E-state index contributed by atoms with van der Waals surface area (Å²) in [5.41, 5.74) is 6.47. The molecule has 0 fully saturated rings. The number of nitrogens with zero attached hydrogens (tertiary/aromatic N) is 1. The molecule has 1 aliphatic heterocycles. The average molecular weight is 349 g/mol. The van der Waals surface area contributed by atoms with E-state index in [1.54, 1.807) is 12.1 Å². The highest BCUT2D eigenvalue weighted by Crippen LogP contribution is 2.21. The van der Waals surface area contributed by atoms with E-state index >= 15 is 0 Å². The van der Waals surface area contributed by atoms with E-state index < -0.39 is 5.82 Å². The summed E-state index contributed by atoms with van der Waals surface area (Å²) in [6, 6.07) is 4.52. The second-order valence-corrected chi connectivity index (χ2v) is 6.21. The van der Waals surface area contributed by atoms with E-state index in [1.807, 2.05) is 0 Å². The first-order chi connectivity index (χ1) is 12.2. The third-order valence-corrected chi connectivity index (χ3v) is 4.11. The van der Waals surface area contributed by atoms with Crippen LogP contribution in [0, 0.1) is 5.82 Å². The van der Waals surface area contributed by atoms with Crippen LogP contribution in [-0.2, 0) is 0 Å². The third kappa shape index (κ3) is 6.38. The Labute approximate surface area is 148 Å². The molecule has 138 valence electrons. The van der Waals surface area contributed by atoms with Crippen LogP contribution >= 0.6 is 0 Å². The second-order valence-electron chi connectivity index (χ2n) is 6.21. The van der Waals surface area contributed by atoms with Crippen LogP contribution in [0.25, 0.3) is 5.70 Å². The van der Waals surface area contributed by atoms with Crippen molar-refractivity contribution >= 4 is 11.5 Å². The van der Waals surface area contributed by atoms with Crippen molar-refractivity contribution in [1.82, 2.24) is 5.32 Å². The zero-order valence-electron chi connectivity index (χ0n) is 14.8. The number of aliphatic hydroxyl groups is 1. The minimum absolute atomic E-state index is 0.0327.